The summed E-state index contributed by atoms with van der Waals surface area (Å²) in [5, 5.41) is 14.2. The van der Waals surface area contributed by atoms with E-state index in [0.717, 1.165) is 15.6 Å². The molecule has 2 aromatic heterocycles. The summed E-state index contributed by atoms with van der Waals surface area (Å²) in [5.41, 5.74) is 1.41. The molecule has 0 spiro atoms. The average molecular weight is 230 g/mol. The number of rotatable bonds is 2. The molecule has 0 unspecified atom stereocenters. The molecule has 5 heteroatoms. The van der Waals surface area contributed by atoms with Gasteiger partial charge in [-0.25, -0.2) is 0 Å². The molecule has 2 heterocycles. The first-order valence-corrected chi connectivity index (χ1v) is 5.55. The Morgan fingerprint density at radius 3 is 2.69 bits per heavy atom. The van der Waals surface area contributed by atoms with Crippen molar-refractivity contribution in [2.24, 2.45) is 7.05 Å². The first-order chi connectivity index (χ1) is 7.72. The average Bonchev–Trinajstić information content (AvgIpc) is 2.55. The van der Waals surface area contributed by atoms with Crippen LogP contribution in [0.25, 0.3) is 0 Å². The summed E-state index contributed by atoms with van der Waals surface area (Å²) in [6, 6.07) is 6.01. The fourth-order valence-electron chi connectivity index (χ4n) is 1.40. The van der Waals surface area contributed by atoms with Crippen LogP contribution in [-0.4, -0.2) is 14.8 Å². The number of hydrogen-bond donors (Lipinski definition) is 0. The van der Waals surface area contributed by atoms with Crippen LogP contribution in [0.3, 0.4) is 0 Å². The van der Waals surface area contributed by atoms with Crippen molar-refractivity contribution >= 4 is 11.8 Å². The maximum absolute atomic E-state index is 9.06. The van der Waals surface area contributed by atoms with Gasteiger partial charge < -0.3 is 0 Å². The number of pyridine rings is 1. The quantitative estimate of drug-likeness (QED) is 0.793. The van der Waals surface area contributed by atoms with Crippen molar-refractivity contribution in [3.8, 4) is 6.07 Å². The van der Waals surface area contributed by atoms with Crippen LogP contribution >= 0.6 is 11.8 Å². The van der Waals surface area contributed by atoms with Gasteiger partial charge in [0.1, 0.15) is 16.7 Å². The number of nitrogens with zero attached hydrogens (tertiary/aromatic N) is 4. The summed E-state index contributed by atoms with van der Waals surface area (Å²) in [4.78, 5) is 5.01. The van der Waals surface area contributed by atoms with Crippen molar-refractivity contribution in [2.75, 3.05) is 0 Å². The maximum atomic E-state index is 9.06. The predicted octanol–water partition coefficient (Wildman–Crippen LogP) is 2.15. The number of nitriles is 1. The van der Waals surface area contributed by atoms with Gasteiger partial charge in [-0.05, 0) is 19.1 Å². The lowest BCUT2D eigenvalue weighted by atomic mass is 10.3. The molecule has 4 nitrogen and oxygen atoms in total. The van der Waals surface area contributed by atoms with Gasteiger partial charge in [-0.3, -0.25) is 9.67 Å². The van der Waals surface area contributed by atoms with Crippen LogP contribution < -0.4 is 0 Å². The molecule has 0 aliphatic rings. The van der Waals surface area contributed by atoms with Crippen molar-refractivity contribution in [1.82, 2.24) is 14.8 Å². The highest BCUT2D eigenvalue weighted by molar-refractivity contribution is 7.99. The number of hydrogen-bond acceptors (Lipinski definition) is 4. The van der Waals surface area contributed by atoms with Crippen LogP contribution in [0.5, 0.6) is 0 Å². The number of aryl methyl sites for hydroxylation is 2. The van der Waals surface area contributed by atoms with Gasteiger partial charge >= 0.3 is 0 Å². The molecule has 0 bridgehead atoms. The van der Waals surface area contributed by atoms with Gasteiger partial charge in [0.05, 0.1) is 5.69 Å². The van der Waals surface area contributed by atoms with Crippen molar-refractivity contribution in [2.45, 2.75) is 16.8 Å². The minimum atomic E-state index is 0.643. The van der Waals surface area contributed by atoms with Gasteiger partial charge in [0.2, 0.25) is 0 Å². The first-order valence-electron chi connectivity index (χ1n) is 4.74. The molecule has 0 fully saturated rings. The van der Waals surface area contributed by atoms with Crippen molar-refractivity contribution in [3.05, 3.63) is 35.8 Å². The molecular formula is C11H10N4S. The third kappa shape index (κ3) is 1.92. The van der Waals surface area contributed by atoms with E-state index in [-0.39, 0.29) is 0 Å². The Labute approximate surface area is 97.9 Å². The predicted molar refractivity (Wildman–Crippen MR) is 61.0 cm³/mol. The molecule has 0 N–H and O–H groups in total. The molecule has 0 amide bonds. The Hall–Kier alpha value is -1.80. The fraction of sp³-hybridized carbons (Fsp3) is 0.182. The summed E-state index contributed by atoms with van der Waals surface area (Å²) >= 11 is 1.52. The van der Waals surface area contributed by atoms with Crippen molar-refractivity contribution in [1.29, 1.82) is 5.26 Å². The summed E-state index contributed by atoms with van der Waals surface area (Å²) in [5.74, 6) is 0. The minimum Gasteiger partial charge on any atom is -0.265 e. The molecule has 80 valence electrons. The lowest BCUT2D eigenvalue weighted by Gasteiger charge is -2.01. The third-order valence-corrected chi connectivity index (χ3v) is 3.32. The standard InChI is InChI=1S/C11H10N4S/c1-8-10(7-12)11(15(2)14-8)16-9-3-5-13-6-4-9/h3-6H,1-2H3. The zero-order valence-corrected chi connectivity index (χ0v) is 9.82. The summed E-state index contributed by atoms with van der Waals surface area (Å²) in [6.45, 7) is 1.84. The molecule has 0 saturated heterocycles. The summed E-state index contributed by atoms with van der Waals surface area (Å²) in [7, 11) is 1.84. The Balaban J connectivity index is 2.39. The second-order valence-electron chi connectivity index (χ2n) is 3.29. The molecule has 2 aromatic rings. The lowest BCUT2D eigenvalue weighted by Crippen LogP contribution is -1.92. The van der Waals surface area contributed by atoms with Gasteiger partial charge in [0.25, 0.3) is 0 Å². The van der Waals surface area contributed by atoms with Crippen LogP contribution in [0.1, 0.15) is 11.3 Å². The molecule has 0 atom stereocenters. The van der Waals surface area contributed by atoms with E-state index in [9.17, 15) is 0 Å². The monoisotopic (exact) mass is 230 g/mol. The molecular weight excluding hydrogens is 220 g/mol. The normalized spacial score (nSPS) is 10.1. The van der Waals surface area contributed by atoms with Gasteiger partial charge in [-0.15, -0.1) is 0 Å². The first kappa shape index (κ1) is 10.7. The Morgan fingerprint density at radius 1 is 1.38 bits per heavy atom. The van der Waals surface area contributed by atoms with Gasteiger partial charge in [0, 0.05) is 24.3 Å². The highest BCUT2D eigenvalue weighted by atomic mass is 32.2. The zero-order valence-electron chi connectivity index (χ0n) is 9.01. The van der Waals surface area contributed by atoms with E-state index in [4.69, 9.17) is 5.26 Å². The maximum Gasteiger partial charge on any atom is 0.117 e. The molecule has 0 radical (unpaired) electrons. The van der Waals surface area contributed by atoms with Crippen LogP contribution in [0.15, 0.2) is 34.4 Å². The van der Waals surface area contributed by atoms with E-state index >= 15 is 0 Å². The van der Waals surface area contributed by atoms with E-state index in [1.165, 1.54) is 11.8 Å². The highest BCUT2D eigenvalue weighted by Gasteiger charge is 2.13. The van der Waals surface area contributed by atoms with Gasteiger partial charge in [0.15, 0.2) is 0 Å². The van der Waals surface area contributed by atoms with E-state index in [1.807, 2.05) is 26.1 Å². The SMILES string of the molecule is Cc1nn(C)c(Sc2ccncc2)c1C#N. The molecule has 0 aromatic carbocycles. The second kappa shape index (κ2) is 4.37. The van der Waals surface area contributed by atoms with Crippen LogP contribution in [0.4, 0.5) is 0 Å². The molecule has 0 saturated carbocycles. The third-order valence-electron chi connectivity index (χ3n) is 2.15. The second-order valence-corrected chi connectivity index (χ2v) is 4.35. The van der Waals surface area contributed by atoms with Crippen LogP contribution in [-0.2, 0) is 7.05 Å². The van der Waals surface area contributed by atoms with Crippen LogP contribution in [0.2, 0.25) is 0 Å². The highest BCUT2D eigenvalue weighted by Crippen LogP contribution is 2.30. The Kier molecular flexibility index (Phi) is 2.93. The number of aromatic nitrogens is 3. The summed E-state index contributed by atoms with van der Waals surface area (Å²) in [6.07, 6.45) is 3.47. The Bertz CT molecular complexity index is 539. The van der Waals surface area contributed by atoms with Crippen molar-refractivity contribution < 1.29 is 0 Å². The van der Waals surface area contributed by atoms with Crippen LogP contribution in [0, 0.1) is 18.3 Å². The van der Waals surface area contributed by atoms with E-state index in [0.29, 0.717) is 5.56 Å². The van der Waals surface area contributed by atoms with E-state index in [1.54, 1.807) is 17.1 Å². The largest absolute Gasteiger partial charge is 0.265 e. The van der Waals surface area contributed by atoms with E-state index in [2.05, 4.69) is 16.2 Å². The molecule has 0 aliphatic carbocycles. The fourth-order valence-corrected chi connectivity index (χ4v) is 2.35. The van der Waals surface area contributed by atoms with Crippen molar-refractivity contribution in [3.63, 3.8) is 0 Å². The Morgan fingerprint density at radius 2 is 2.06 bits per heavy atom. The van der Waals surface area contributed by atoms with E-state index < -0.39 is 0 Å². The molecule has 2 rings (SSSR count). The minimum absolute atomic E-state index is 0.643. The molecule has 16 heavy (non-hydrogen) atoms. The van der Waals surface area contributed by atoms with Gasteiger partial charge in [-0.2, -0.15) is 10.4 Å². The smallest absolute Gasteiger partial charge is 0.117 e. The zero-order chi connectivity index (χ0) is 11.5. The molecule has 0 aliphatic heterocycles. The summed E-state index contributed by atoms with van der Waals surface area (Å²) < 4.78 is 1.74. The lowest BCUT2D eigenvalue weighted by molar-refractivity contribution is 0.691. The van der Waals surface area contributed by atoms with Gasteiger partial charge in [-0.1, -0.05) is 11.8 Å². The topological polar surface area (TPSA) is 54.5 Å².